The standard InChI is InChI=1S/C57H38F16N2/c1-53(2)34-12-8-6-10-30(34)32-17-14-26(22-37(32)53)74(51-47(64)43(60)41(58)44(61)48(51)65)28-16-19-36(39(24-28)56(68,69)70)55(5)21-20-29(25-40(55)57(71,72)73)75(52-49(66)45(62)42(59)46(63)50(52)67)27-15-18-33-31-11-7-9-13-35(31)54(3,4)38(33)23-27/h6-20,22-25,43,47H,21H2,1-5H3. The average molecular weight is 1050 g/mol. The SMILES string of the molecule is CC1(c2ccc(N(C3=C(F)C(F)=C(F)C(F)C3F)c3ccc4c(c3)C(C)(C)c3ccccc3-4)cc2C(F)(F)F)CC=C(N(c2ccc3c(c2)C(C)(C)c2ccccc2-3)c2c(F)c(F)c(F)c(F)c2F)C=C1C(F)(F)F. The summed E-state index contributed by atoms with van der Waals surface area (Å²) in [5.41, 5.74) is -10.3. The largest absolute Gasteiger partial charge is 0.416 e. The zero-order valence-electron chi connectivity index (χ0n) is 39.8. The molecule has 2 nitrogen and oxygen atoms in total. The van der Waals surface area contributed by atoms with Crippen LogP contribution in [0.4, 0.5) is 93.0 Å². The summed E-state index contributed by atoms with van der Waals surface area (Å²) >= 11 is 0. The third-order valence-electron chi connectivity index (χ3n) is 15.0. The van der Waals surface area contributed by atoms with Crippen molar-refractivity contribution < 1.29 is 70.2 Å². The first-order chi connectivity index (χ1) is 35.0. The molecular formula is C57H38F16N2. The van der Waals surface area contributed by atoms with Crippen molar-refractivity contribution in [2.24, 2.45) is 0 Å². The number of fused-ring (bicyclic) bond motifs is 6. The van der Waals surface area contributed by atoms with Gasteiger partial charge in [0.05, 0.1) is 5.56 Å². The normalized spacial score (nSPS) is 20.6. The van der Waals surface area contributed by atoms with Crippen LogP contribution in [0.1, 0.15) is 74.4 Å². The molecule has 18 heteroatoms. The highest BCUT2D eigenvalue weighted by atomic mass is 19.4. The summed E-state index contributed by atoms with van der Waals surface area (Å²) in [6.45, 7) is 7.80. The topological polar surface area (TPSA) is 6.48 Å². The van der Waals surface area contributed by atoms with E-state index in [9.17, 15) is 8.78 Å². The maximum absolute atomic E-state index is 16.1. The first-order valence-electron chi connectivity index (χ1n) is 23.1. The summed E-state index contributed by atoms with van der Waals surface area (Å²) < 4.78 is 248. The Bertz CT molecular complexity index is 3530. The lowest BCUT2D eigenvalue weighted by molar-refractivity contribution is -0.139. The van der Waals surface area contributed by atoms with Crippen molar-refractivity contribution in [1.29, 1.82) is 0 Å². The number of allylic oxidation sites excluding steroid dienone is 7. The lowest BCUT2D eigenvalue weighted by Gasteiger charge is -2.40. The van der Waals surface area contributed by atoms with Crippen LogP contribution in [-0.4, -0.2) is 18.5 Å². The molecule has 6 aromatic rings. The molecule has 0 amide bonds. The minimum atomic E-state index is -5.63. The summed E-state index contributed by atoms with van der Waals surface area (Å²) in [6, 6.07) is 23.3. The van der Waals surface area contributed by atoms with Gasteiger partial charge in [-0.05, 0) is 99.0 Å². The van der Waals surface area contributed by atoms with Crippen LogP contribution in [0.25, 0.3) is 22.3 Å². The number of benzene rings is 6. The minimum absolute atomic E-state index is 0.208. The van der Waals surface area contributed by atoms with Gasteiger partial charge in [0.2, 0.25) is 5.82 Å². The van der Waals surface area contributed by atoms with Crippen molar-refractivity contribution in [2.75, 3.05) is 9.80 Å². The van der Waals surface area contributed by atoms with Crippen LogP contribution in [0.5, 0.6) is 0 Å². The maximum Gasteiger partial charge on any atom is 0.416 e. The second-order valence-corrected chi connectivity index (χ2v) is 20.0. The molecule has 6 aromatic carbocycles. The Hall–Kier alpha value is -7.24. The maximum atomic E-state index is 16.1. The van der Waals surface area contributed by atoms with Gasteiger partial charge in [0, 0.05) is 44.6 Å². The van der Waals surface area contributed by atoms with E-state index in [-0.39, 0.29) is 17.8 Å². The van der Waals surface area contributed by atoms with Gasteiger partial charge in [0.15, 0.2) is 53.1 Å². The van der Waals surface area contributed by atoms with Crippen molar-refractivity contribution in [1.82, 2.24) is 0 Å². The lowest BCUT2D eigenvalue weighted by Crippen LogP contribution is -2.38. The van der Waals surface area contributed by atoms with E-state index in [1.807, 2.05) is 0 Å². The van der Waals surface area contributed by atoms with E-state index in [4.69, 9.17) is 0 Å². The number of nitrogens with zero attached hydrogens (tertiary/aromatic N) is 2. The van der Waals surface area contributed by atoms with Gasteiger partial charge >= 0.3 is 12.4 Å². The second-order valence-electron chi connectivity index (χ2n) is 20.0. The van der Waals surface area contributed by atoms with Gasteiger partial charge in [-0.3, -0.25) is 0 Å². The van der Waals surface area contributed by atoms with E-state index >= 15 is 61.5 Å². The molecule has 0 saturated carbocycles. The van der Waals surface area contributed by atoms with Crippen LogP contribution in [0.2, 0.25) is 0 Å². The van der Waals surface area contributed by atoms with Crippen LogP contribution in [-0.2, 0) is 22.4 Å². The molecule has 10 rings (SSSR count). The van der Waals surface area contributed by atoms with Crippen molar-refractivity contribution in [3.8, 4) is 22.3 Å². The third kappa shape index (κ3) is 7.61. The number of hydrogen-bond donors (Lipinski definition) is 0. The third-order valence-corrected chi connectivity index (χ3v) is 15.0. The van der Waals surface area contributed by atoms with Gasteiger partial charge < -0.3 is 9.80 Å². The molecule has 0 aromatic heterocycles. The Kier molecular flexibility index (Phi) is 11.7. The molecule has 0 fully saturated rings. The molecule has 0 bridgehead atoms. The lowest BCUT2D eigenvalue weighted by atomic mass is 9.68. The zero-order chi connectivity index (χ0) is 54.4. The molecule has 75 heavy (non-hydrogen) atoms. The predicted octanol–water partition coefficient (Wildman–Crippen LogP) is 18.0. The van der Waals surface area contributed by atoms with Crippen LogP contribution >= 0.6 is 0 Å². The molecule has 0 saturated heterocycles. The first-order valence-corrected chi connectivity index (χ1v) is 23.1. The van der Waals surface area contributed by atoms with Crippen LogP contribution in [0, 0.1) is 29.1 Å². The number of hydrogen-bond acceptors (Lipinski definition) is 2. The first kappa shape index (κ1) is 51.3. The Labute approximate surface area is 418 Å². The Balaban J connectivity index is 1.16. The van der Waals surface area contributed by atoms with E-state index in [0.717, 1.165) is 29.7 Å². The van der Waals surface area contributed by atoms with E-state index in [0.29, 0.717) is 49.7 Å². The summed E-state index contributed by atoms with van der Waals surface area (Å²) in [5, 5.41) is 0. The van der Waals surface area contributed by atoms with Crippen molar-refractivity contribution in [3.63, 3.8) is 0 Å². The van der Waals surface area contributed by atoms with Gasteiger partial charge in [-0.1, -0.05) is 107 Å². The predicted molar refractivity (Wildman–Crippen MR) is 251 cm³/mol. The molecule has 3 unspecified atom stereocenters. The van der Waals surface area contributed by atoms with E-state index in [1.165, 1.54) is 36.4 Å². The molecule has 0 heterocycles. The van der Waals surface area contributed by atoms with Gasteiger partial charge in [-0.25, -0.2) is 43.9 Å². The Morgan fingerprint density at radius 1 is 0.467 bits per heavy atom. The monoisotopic (exact) mass is 1050 g/mol. The fourth-order valence-corrected chi connectivity index (χ4v) is 11.2. The number of rotatable bonds is 7. The fraction of sp³-hybridized carbons (Fsp3) is 0.228. The summed E-state index contributed by atoms with van der Waals surface area (Å²) in [7, 11) is 0. The van der Waals surface area contributed by atoms with E-state index in [1.54, 1.807) is 76.2 Å². The molecule has 0 spiro atoms. The highest BCUT2D eigenvalue weighted by molar-refractivity contribution is 5.86. The van der Waals surface area contributed by atoms with Crippen LogP contribution in [0.15, 0.2) is 150 Å². The Morgan fingerprint density at radius 3 is 1.43 bits per heavy atom. The number of alkyl halides is 8. The van der Waals surface area contributed by atoms with Gasteiger partial charge in [0.1, 0.15) is 11.4 Å². The molecule has 0 radical (unpaired) electrons. The molecule has 388 valence electrons. The van der Waals surface area contributed by atoms with Crippen molar-refractivity contribution >= 4 is 22.7 Å². The van der Waals surface area contributed by atoms with Crippen LogP contribution < -0.4 is 9.80 Å². The minimum Gasteiger partial charge on any atom is -0.308 e. The molecule has 0 aliphatic heterocycles. The number of halogens is 16. The van der Waals surface area contributed by atoms with Crippen molar-refractivity contribution in [3.05, 3.63) is 212 Å². The highest BCUT2D eigenvalue weighted by Gasteiger charge is 2.52. The highest BCUT2D eigenvalue weighted by Crippen LogP contribution is 2.56. The molecule has 0 N–H and O–H groups in total. The van der Waals surface area contributed by atoms with Gasteiger partial charge in [0.25, 0.3) is 0 Å². The molecule has 4 aliphatic rings. The summed E-state index contributed by atoms with van der Waals surface area (Å²) in [5.74, 6) is -19.6. The Morgan fingerprint density at radius 2 is 0.920 bits per heavy atom. The average Bonchev–Trinajstić information content (AvgIpc) is 3.75. The molecule has 3 atom stereocenters. The zero-order valence-corrected chi connectivity index (χ0v) is 39.8. The van der Waals surface area contributed by atoms with E-state index in [2.05, 4.69) is 0 Å². The fourth-order valence-electron chi connectivity index (χ4n) is 11.2. The van der Waals surface area contributed by atoms with E-state index < -0.39 is 139 Å². The van der Waals surface area contributed by atoms with Gasteiger partial charge in [-0.15, -0.1) is 0 Å². The second kappa shape index (κ2) is 17.1. The van der Waals surface area contributed by atoms with Gasteiger partial charge in [-0.2, -0.15) is 26.3 Å². The summed E-state index contributed by atoms with van der Waals surface area (Å²) in [6.07, 6.45) is -18.2. The summed E-state index contributed by atoms with van der Waals surface area (Å²) in [4.78, 5) is 0.744. The van der Waals surface area contributed by atoms with Crippen molar-refractivity contribution in [2.45, 2.75) is 82.0 Å². The quantitative estimate of drug-likeness (QED) is 0.0893. The molecular weight excluding hydrogens is 1020 g/mol. The number of anilines is 4. The molecule has 4 aliphatic carbocycles. The smallest absolute Gasteiger partial charge is 0.308 e. The van der Waals surface area contributed by atoms with Crippen LogP contribution in [0.3, 0.4) is 0 Å².